The monoisotopic (exact) mass is 229 g/mol. The fourth-order valence-corrected chi connectivity index (χ4v) is 1.42. The molecule has 0 amide bonds. The largest absolute Gasteiger partial charge is 0.478 e. The van der Waals surface area contributed by atoms with Gasteiger partial charge in [-0.15, -0.1) is 0 Å². The van der Waals surface area contributed by atoms with Crippen molar-refractivity contribution in [3.8, 4) is 0 Å². The molecule has 0 unspecified atom stereocenters. The third-order valence-corrected chi connectivity index (χ3v) is 2.28. The third-order valence-electron chi connectivity index (χ3n) is 2.28. The minimum Gasteiger partial charge on any atom is -0.478 e. The van der Waals surface area contributed by atoms with Gasteiger partial charge in [0, 0.05) is 31.3 Å². The van der Waals surface area contributed by atoms with Gasteiger partial charge in [-0.3, -0.25) is 9.97 Å². The van der Waals surface area contributed by atoms with E-state index in [1.54, 1.807) is 24.7 Å². The van der Waals surface area contributed by atoms with E-state index in [1.807, 2.05) is 12.1 Å². The van der Waals surface area contributed by atoms with Gasteiger partial charge in [0.1, 0.15) is 5.56 Å². The highest BCUT2D eigenvalue weighted by atomic mass is 16.4. The Kier molecular flexibility index (Phi) is 3.30. The number of carboxylic acid groups (broad SMARTS) is 1. The molecule has 0 radical (unpaired) electrons. The highest BCUT2D eigenvalue weighted by Crippen LogP contribution is 2.14. The van der Waals surface area contributed by atoms with Crippen LogP contribution in [0.1, 0.15) is 15.9 Å². The maximum Gasteiger partial charge on any atom is 0.339 e. The van der Waals surface area contributed by atoms with Gasteiger partial charge in [-0.05, 0) is 23.8 Å². The number of rotatable bonds is 4. The third kappa shape index (κ3) is 2.78. The first-order valence-electron chi connectivity index (χ1n) is 5.07. The smallest absolute Gasteiger partial charge is 0.339 e. The van der Waals surface area contributed by atoms with E-state index < -0.39 is 5.97 Å². The van der Waals surface area contributed by atoms with Crippen molar-refractivity contribution in [1.82, 2.24) is 9.97 Å². The second kappa shape index (κ2) is 5.07. The summed E-state index contributed by atoms with van der Waals surface area (Å²) in [4.78, 5) is 18.6. The van der Waals surface area contributed by atoms with E-state index in [0.29, 0.717) is 12.2 Å². The van der Waals surface area contributed by atoms with Crippen LogP contribution in [0.3, 0.4) is 0 Å². The zero-order valence-corrected chi connectivity index (χ0v) is 9.00. The van der Waals surface area contributed by atoms with Crippen molar-refractivity contribution in [2.45, 2.75) is 6.54 Å². The summed E-state index contributed by atoms with van der Waals surface area (Å²) in [5, 5.41) is 12.0. The molecule has 2 aromatic heterocycles. The molecule has 0 fully saturated rings. The lowest BCUT2D eigenvalue weighted by atomic mass is 10.2. The average Bonchev–Trinajstić information content (AvgIpc) is 2.38. The predicted octanol–water partition coefficient (Wildman–Crippen LogP) is 1.79. The molecule has 0 spiro atoms. The molecule has 0 aliphatic carbocycles. The van der Waals surface area contributed by atoms with Gasteiger partial charge in [-0.2, -0.15) is 0 Å². The number of nitrogens with one attached hydrogen (secondary N) is 1. The van der Waals surface area contributed by atoms with Crippen molar-refractivity contribution in [1.29, 1.82) is 0 Å². The number of aromatic nitrogens is 2. The lowest BCUT2D eigenvalue weighted by Crippen LogP contribution is -2.06. The van der Waals surface area contributed by atoms with Gasteiger partial charge in [0.15, 0.2) is 0 Å². The molecule has 2 heterocycles. The Balaban J connectivity index is 2.12. The van der Waals surface area contributed by atoms with Crippen molar-refractivity contribution in [3.05, 3.63) is 54.1 Å². The number of nitrogens with zero attached hydrogens (tertiary/aromatic N) is 2. The van der Waals surface area contributed by atoms with Crippen molar-refractivity contribution >= 4 is 11.7 Å². The van der Waals surface area contributed by atoms with Crippen LogP contribution in [-0.4, -0.2) is 21.0 Å². The van der Waals surface area contributed by atoms with E-state index in [0.717, 1.165) is 5.56 Å². The van der Waals surface area contributed by atoms with E-state index in [1.165, 1.54) is 6.20 Å². The number of carbonyl (C=O) groups is 1. The molecule has 0 bridgehead atoms. The van der Waals surface area contributed by atoms with E-state index in [2.05, 4.69) is 15.3 Å². The maximum absolute atomic E-state index is 10.9. The lowest BCUT2D eigenvalue weighted by Gasteiger charge is -2.08. The van der Waals surface area contributed by atoms with Gasteiger partial charge in [0.25, 0.3) is 0 Å². The molecule has 0 saturated heterocycles. The Hall–Kier alpha value is -2.43. The molecule has 0 aliphatic rings. The molecule has 17 heavy (non-hydrogen) atoms. The van der Waals surface area contributed by atoms with E-state index in [-0.39, 0.29) is 5.56 Å². The highest BCUT2D eigenvalue weighted by Gasteiger charge is 2.08. The summed E-state index contributed by atoms with van der Waals surface area (Å²) >= 11 is 0. The molecule has 0 atom stereocenters. The number of hydrogen-bond acceptors (Lipinski definition) is 4. The van der Waals surface area contributed by atoms with Gasteiger partial charge in [-0.25, -0.2) is 4.79 Å². The second-order valence-electron chi connectivity index (χ2n) is 3.44. The van der Waals surface area contributed by atoms with Crippen LogP contribution in [0.2, 0.25) is 0 Å². The second-order valence-corrected chi connectivity index (χ2v) is 3.44. The quantitative estimate of drug-likeness (QED) is 0.835. The summed E-state index contributed by atoms with van der Waals surface area (Å²) in [6.45, 7) is 0.548. The van der Waals surface area contributed by atoms with Gasteiger partial charge < -0.3 is 10.4 Å². The molecule has 5 heteroatoms. The van der Waals surface area contributed by atoms with E-state index in [9.17, 15) is 4.79 Å². The summed E-state index contributed by atoms with van der Waals surface area (Å²) in [7, 11) is 0. The van der Waals surface area contributed by atoms with E-state index in [4.69, 9.17) is 5.11 Å². The zero-order valence-electron chi connectivity index (χ0n) is 9.00. The Morgan fingerprint density at radius 2 is 1.88 bits per heavy atom. The molecule has 0 saturated carbocycles. The minimum absolute atomic E-state index is 0.168. The van der Waals surface area contributed by atoms with Gasteiger partial charge in [-0.1, -0.05) is 0 Å². The maximum atomic E-state index is 10.9. The Morgan fingerprint density at radius 1 is 1.18 bits per heavy atom. The predicted molar refractivity (Wildman–Crippen MR) is 62.8 cm³/mol. The normalized spacial score (nSPS) is 9.88. The van der Waals surface area contributed by atoms with Crippen LogP contribution in [0.25, 0.3) is 0 Å². The van der Waals surface area contributed by atoms with Crippen LogP contribution in [0, 0.1) is 0 Å². The van der Waals surface area contributed by atoms with Crippen LogP contribution in [0.5, 0.6) is 0 Å². The fourth-order valence-electron chi connectivity index (χ4n) is 1.42. The van der Waals surface area contributed by atoms with Crippen molar-refractivity contribution in [2.24, 2.45) is 0 Å². The Labute approximate surface area is 98.2 Å². The molecule has 0 aliphatic heterocycles. The molecular formula is C12H11N3O2. The number of anilines is 1. The number of pyridine rings is 2. The summed E-state index contributed by atoms with van der Waals surface area (Å²) < 4.78 is 0. The SMILES string of the molecule is O=C(O)c1cnccc1NCc1ccncc1. The standard InChI is InChI=1S/C12H11N3O2/c16-12(17)10-8-14-6-3-11(10)15-7-9-1-4-13-5-2-9/h1-6,8H,7H2,(H,14,15)(H,16,17). The first-order chi connectivity index (χ1) is 8.27. The van der Waals surface area contributed by atoms with Crippen molar-refractivity contribution < 1.29 is 9.90 Å². The van der Waals surface area contributed by atoms with Crippen LogP contribution < -0.4 is 5.32 Å². The fraction of sp³-hybridized carbons (Fsp3) is 0.0833. The Morgan fingerprint density at radius 3 is 2.59 bits per heavy atom. The van der Waals surface area contributed by atoms with Crippen LogP contribution in [0.4, 0.5) is 5.69 Å². The molecular weight excluding hydrogens is 218 g/mol. The van der Waals surface area contributed by atoms with Gasteiger partial charge in [0.2, 0.25) is 0 Å². The van der Waals surface area contributed by atoms with E-state index >= 15 is 0 Å². The number of carboxylic acids is 1. The number of aromatic carboxylic acids is 1. The van der Waals surface area contributed by atoms with Crippen LogP contribution >= 0.6 is 0 Å². The molecule has 86 valence electrons. The molecule has 5 nitrogen and oxygen atoms in total. The topological polar surface area (TPSA) is 75.1 Å². The number of hydrogen-bond donors (Lipinski definition) is 2. The van der Waals surface area contributed by atoms with Gasteiger partial charge in [0.05, 0.1) is 5.69 Å². The van der Waals surface area contributed by atoms with Crippen molar-refractivity contribution in [2.75, 3.05) is 5.32 Å². The first-order valence-corrected chi connectivity index (χ1v) is 5.07. The summed E-state index contributed by atoms with van der Waals surface area (Å²) in [5.41, 5.74) is 1.76. The molecule has 2 N–H and O–H groups in total. The van der Waals surface area contributed by atoms with Gasteiger partial charge >= 0.3 is 5.97 Å². The van der Waals surface area contributed by atoms with Crippen LogP contribution in [-0.2, 0) is 6.54 Å². The summed E-state index contributed by atoms with van der Waals surface area (Å²) in [6, 6.07) is 5.38. The lowest BCUT2D eigenvalue weighted by molar-refractivity contribution is 0.0697. The molecule has 2 rings (SSSR count). The molecule has 2 aromatic rings. The summed E-state index contributed by atoms with van der Waals surface area (Å²) in [5.74, 6) is -0.990. The molecule has 0 aromatic carbocycles. The first kappa shape index (κ1) is 11.1. The summed E-state index contributed by atoms with van der Waals surface area (Å²) in [6.07, 6.45) is 6.28. The Bertz CT molecular complexity index is 514. The zero-order chi connectivity index (χ0) is 12.1. The minimum atomic E-state index is -0.990. The average molecular weight is 229 g/mol. The highest BCUT2D eigenvalue weighted by molar-refractivity contribution is 5.93. The van der Waals surface area contributed by atoms with Crippen LogP contribution in [0.15, 0.2) is 43.0 Å². The van der Waals surface area contributed by atoms with Crippen molar-refractivity contribution in [3.63, 3.8) is 0 Å².